The van der Waals surface area contributed by atoms with E-state index < -0.39 is 12.0 Å². The number of imide groups is 1. The van der Waals surface area contributed by atoms with Crippen LogP contribution in [-0.2, 0) is 14.4 Å². The van der Waals surface area contributed by atoms with Gasteiger partial charge in [0, 0.05) is 0 Å². The van der Waals surface area contributed by atoms with Gasteiger partial charge in [0.2, 0.25) is 11.8 Å². The molecule has 0 aromatic heterocycles. The van der Waals surface area contributed by atoms with Crippen molar-refractivity contribution in [1.82, 2.24) is 4.90 Å². The molecule has 19 heavy (non-hydrogen) atoms. The van der Waals surface area contributed by atoms with Crippen molar-refractivity contribution in [3.63, 3.8) is 0 Å². The van der Waals surface area contributed by atoms with Crippen LogP contribution in [0.25, 0.3) is 0 Å². The van der Waals surface area contributed by atoms with Gasteiger partial charge in [-0.25, -0.2) is 0 Å². The van der Waals surface area contributed by atoms with E-state index in [1.165, 1.54) is 4.90 Å². The number of carbonyl (C=O) groups is 3. The summed E-state index contributed by atoms with van der Waals surface area (Å²) in [5.74, 6) is -1.87. The molecule has 2 aliphatic rings. The summed E-state index contributed by atoms with van der Waals surface area (Å²) in [6, 6.07) is -0.493. The fourth-order valence-corrected chi connectivity index (χ4v) is 3.04. The van der Waals surface area contributed by atoms with Crippen LogP contribution in [0.3, 0.4) is 0 Å². The van der Waals surface area contributed by atoms with E-state index in [2.05, 4.69) is 0 Å². The first-order valence-electron chi connectivity index (χ1n) is 6.80. The Balaban J connectivity index is 2.20. The van der Waals surface area contributed by atoms with Gasteiger partial charge >= 0.3 is 5.97 Å². The van der Waals surface area contributed by atoms with E-state index >= 15 is 0 Å². The molecule has 104 valence electrons. The Hall–Kier alpha value is -1.65. The average Bonchev–Trinajstić information content (AvgIpc) is 2.62. The summed E-state index contributed by atoms with van der Waals surface area (Å²) >= 11 is 0. The Bertz CT molecular complexity index is 403. The molecule has 3 atom stereocenters. The van der Waals surface area contributed by atoms with Gasteiger partial charge in [-0.05, 0) is 19.3 Å². The van der Waals surface area contributed by atoms with Crippen molar-refractivity contribution in [3.8, 4) is 0 Å². The normalized spacial score (nSPS) is 27.5. The second-order valence-electron chi connectivity index (χ2n) is 5.24. The summed E-state index contributed by atoms with van der Waals surface area (Å²) in [4.78, 5) is 36.8. The van der Waals surface area contributed by atoms with Gasteiger partial charge in [-0.2, -0.15) is 0 Å². The zero-order chi connectivity index (χ0) is 14.0. The van der Waals surface area contributed by atoms with Gasteiger partial charge in [-0.3, -0.25) is 19.3 Å². The van der Waals surface area contributed by atoms with Crippen molar-refractivity contribution < 1.29 is 19.5 Å². The molecule has 0 aromatic rings. The molecule has 1 aliphatic heterocycles. The Morgan fingerprint density at radius 3 is 2.26 bits per heavy atom. The van der Waals surface area contributed by atoms with Crippen LogP contribution in [0.15, 0.2) is 12.2 Å². The number of amides is 2. The first-order chi connectivity index (χ1) is 9.06. The summed E-state index contributed by atoms with van der Waals surface area (Å²) in [6.45, 7) is 1.93. The van der Waals surface area contributed by atoms with E-state index in [0.29, 0.717) is 19.3 Å². The molecule has 1 heterocycles. The molecule has 0 radical (unpaired) electrons. The van der Waals surface area contributed by atoms with E-state index in [0.717, 1.165) is 6.42 Å². The Kier molecular flexibility index (Phi) is 4.02. The molecular weight excluding hydrogens is 246 g/mol. The van der Waals surface area contributed by atoms with Crippen LogP contribution in [0, 0.1) is 11.8 Å². The molecule has 2 rings (SSSR count). The summed E-state index contributed by atoms with van der Waals surface area (Å²) < 4.78 is 0. The number of carboxylic acid groups (broad SMARTS) is 1. The molecule has 5 heteroatoms. The van der Waals surface area contributed by atoms with Crippen molar-refractivity contribution >= 4 is 17.8 Å². The summed E-state index contributed by atoms with van der Waals surface area (Å²) in [6.07, 6.45) is 6.20. The minimum Gasteiger partial charge on any atom is -0.481 e. The molecule has 0 spiro atoms. The molecular formula is C14H19NO4. The lowest BCUT2D eigenvalue weighted by atomic mass is 9.85. The first-order valence-corrected chi connectivity index (χ1v) is 6.80. The van der Waals surface area contributed by atoms with E-state index in [4.69, 9.17) is 5.11 Å². The maximum Gasteiger partial charge on any atom is 0.305 e. The van der Waals surface area contributed by atoms with Gasteiger partial charge in [0.05, 0.1) is 24.3 Å². The fourth-order valence-electron chi connectivity index (χ4n) is 3.04. The maximum absolute atomic E-state index is 12.3. The highest BCUT2D eigenvalue weighted by atomic mass is 16.4. The topological polar surface area (TPSA) is 74.7 Å². The number of nitrogens with zero attached hydrogens (tertiary/aromatic N) is 1. The molecule has 0 aromatic carbocycles. The smallest absolute Gasteiger partial charge is 0.305 e. The number of likely N-dealkylation sites (tertiary alicyclic amines) is 1. The molecule has 2 amide bonds. The molecule has 1 N–H and O–H groups in total. The van der Waals surface area contributed by atoms with E-state index in [1.54, 1.807) is 0 Å². The predicted molar refractivity (Wildman–Crippen MR) is 68.2 cm³/mol. The molecule has 1 aliphatic carbocycles. The van der Waals surface area contributed by atoms with Gasteiger partial charge in [-0.1, -0.05) is 25.5 Å². The van der Waals surface area contributed by atoms with Gasteiger partial charge < -0.3 is 5.11 Å². The van der Waals surface area contributed by atoms with Crippen molar-refractivity contribution in [2.45, 2.75) is 45.1 Å². The summed E-state index contributed by atoms with van der Waals surface area (Å²) in [5.41, 5.74) is 0. The second-order valence-corrected chi connectivity index (χ2v) is 5.24. The summed E-state index contributed by atoms with van der Waals surface area (Å²) in [7, 11) is 0. The van der Waals surface area contributed by atoms with E-state index in [-0.39, 0.29) is 30.1 Å². The third kappa shape index (κ3) is 2.55. The second kappa shape index (κ2) is 5.55. The van der Waals surface area contributed by atoms with Crippen LogP contribution in [0.4, 0.5) is 0 Å². The van der Waals surface area contributed by atoms with Gasteiger partial charge in [0.15, 0.2) is 0 Å². The maximum atomic E-state index is 12.3. The Labute approximate surface area is 112 Å². The van der Waals surface area contributed by atoms with E-state index in [9.17, 15) is 14.4 Å². The van der Waals surface area contributed by atoms with Crippen molar-refractivity contribution in [1.29, 1.82) is 0 Å². The number of allylic oxidation sites excluding steroid dienone is 2. The minimum absolute atomic E-state index is 0.155. The minimum atomic E-state index is -0.966. The highest BCUT2D eigenvalue weighted by Crippen LogP contribution is 2.37. The zero-order valence-corrected chi connectivity index (χ0v) is 11.0. The van der Waals surface area contributed by atoms with Gasteiger partial charge in [-0.15, -0.1) is 0 Å². The first kappa shape index (κ1) is 13.8. The van der Waals surface area contributed by atoms with Crippen LogP contribution in [0.1, 0.15) is 39.0 Å². The summed E-state index contributed by atoms with van der Waals surface area (Å²) in [5, 5.41) is 8.94. The standard InChI is InChI=1S/C14H19NO4/c1-2-5-9(8-12(16)17)15-13(18)10-6-3-4-7-11(10)14(15)19/h3-4,9-11H,2,5-8H2,1H3,(H,16,17)/t9?,10-,11+. The zero-order valence-electron chi connectivity index (χ0n) is 11.0. The molecule has 1 fully saturated rings. The molecule has 5 nitrogen and oxygen atoms in total. The molecule has 1 unspecified atom stereocenters. The quantitative estimate of drug-likeness (QED) is 0.605. The third-order valence-corrected chi connectivity index (χ3v) is 3.94. The van der Waals surface area contributed by atoms with Crippen LogP contribution in [0.5, 0.6) is 0 Å². The largest absolute Gasteiger partial charge is 0.481 e. The van der Waals surface area contributed by atoms with Gasteiger partial charge in [0.1, 0.15) is 0 Å². The SMILES string of the molecule is CCCC(CC(=O)O)N1C(=O)[C@H]2CC=CC[C@H]2C1=O. The lowest BCUT2D eigenvalue weighted by Crippen LogP contribution is -2.42. The predicted octanol–water partition coefficient (Wildman–Crippen LogP) is 1.58. The van der Waals surface area contributed by atoms with Crippen molar-refractivity contribution in [3.05, 3.63) is 12.2 Å². The average molecular weight is 265 g/mol. The Morgan fingerprint density at radius 2 is 1.84 bits per heavy atom. The molecule has 0 bridgehead atoms. The van der Waals surface area contributed by atoms with Gasteiger partial charge in [0.25, 0.3) is 0 Å². The highest BCUT2D eigenvalue weighted by molar-refractivity contribution is 6.06. The van der Waals surface area contributed by atoms with E-state index in [1.807, 2.05) is 19.1 Å². The molecule has 0 saturated carbocycles. The number of rotatable bonds is 5. The number of carboxylic acids is 1. The third-order valence-electron chi connectivity index (χ3n) is 3.94. The fraction of sp³-hybridized carbons (Fsp3) is 0.643. The number of hydrogen-bond donors (Lipinski definition) is 1. The highest BCUT2D eigenvalue weighted by Gasteiger charge is 2.49. The number of hydrogen-bond acceptors (Lipinski definition) is 3. The molecule has 1 saturated heterocycles. The van der Waals surface area contributed by atoms with Crippen LogP contribution in [-0.4, -0.2) is 33.8 Å². The number of aliphatic carboxylic acids is 1. The lowest BCUT2D eigenvalue weighted by Gasteiger charge is -2.25. The monoisotopic (exact) mass is 265 g/mol. The Morgan fingerprint density at radius 1 is 1.32 bits per heavy atom. The van der Waals surface area contributed by atoms with Crippen LogP contribution >= 0.6 is 0 Å². The van der Waals surface area contributed by atoms with Crippen LogP contribution < -0.4 is 0 Å². The van der Waals surface area contributed by atoms with Crippen LogP contribution in [0.2, 0.25) is 0 Å². The lowest BCUT2D eigenvalue weighted by molar-refractivity contribution is -0.145. The number of carbonyl (C=O) groups excluding carboxylic acids is 2. The number of fused-ring (bicyclic) bond motifs is 1. The van der Waals surface area contributed by atoms with Crippen molar-refractivity contribution in [2.75, 3.05) is 0 Å². The van der Waals surface area contributed by atoms with Crippen molar-refractivity contribution in [2.24, 2.45) is 11.8 Å².